The van der Waals surface area contributed by atoms with Crippen molar-refractivity contribution in [2.45, 2.75) is 39.0 Å². The minimum absolute atomic E-state index is 0.0109. The Morgan fingerprint density at radius 1 is 1.18 bits per heavy atom. The molecule has 0 atom stereocenters. The molecule has 2 aliphatic heterocycles. The highest BCUT2D eigenvalue weighted by atomic mass is 16.5. The Morgan fingerprint density at radius 3 is 2.71 bits per heavy atom. The molecule has 1 aromatic carbocycles. The van der Waals surface area contributed by atoms with E-state index in [0.717, 1.165) is 19.4 Å². The van der Waals surface area contributed by atoms with Gasteiger partial charge in [0.25, 0.3) is 5.91 Å². The first-order valence-electron chi connectivity index (χ1n) is 10.2. The summed E-state index contributed by atoms with van der Waals surface area (Å²) >= 11 is 0. The summed E-state index contributed by atoms with van der Waals surface area (Å²) < 4.78 is 5.44. The second kappa shape index (κ2) is 9.68. The molecule has 1 saturated heterocycles. The van der Waals surface area contributed by atoms with Gasteiger partial charge in [0.15, 0.2) is 12.4 Å². The van der Waals surface area contributed by atoms with Crippen LogP contribution in [-0.4, -0.2) is 61.8 Å². The molecule has 0 saturated carbocycles. The number of amides is 2. The molecule has 0 aliphatic carbocycles. The topological polar surface area (TPSA) is 79.0 Å². The molecule has 1 aromatic rings. The first-order valence-corrected chi connectivity index (χ1v) is 10.2. The quantitative estimate of drug-likeness (QED) is 0.518. The predicted molar refractivity (Wildman–Crippen MR) is 107 cm³/mol. The number of benzene rings is 1. The molecule has 2 aliphatic rings. The van der Waals surface area contributed by atoms with Crippen LogP contribution < -0.4 is 15.0 Å². The van der Waals surface area contributed by atoms with Crippen molar-refractivity contribution < 1.29 is 19.1 Å². The normalized spacial score (nSPS) is 16.6. The van der Waals surface area contributed by atoms with Crippen LogP contribution in [0.3, 0.4) is 0 Å². The number of nitrogens with one attached hydrogen (secondary N) is 1. The van der Waals surface area contributed by atoms with Crippen LogP contribution >= 0.6 is 0 Å². The maximum atomic E-state index is 12.3. The molecular formula is C21H29N3O4. The summed E-state index contributed by atoms with van der Waals surface area (Å²) in [7, 11) is 0. The fourth-order valence-electron chi connectivity index (χ4n) is 3.65. The molecule has 0 unspecified atom stereocenters. The molecule has 1 N–H and O–H groups in total. The summed E-state index contributed by atoms with van der Waals surface area (Å²) in [6, 6.07) is 5.02. The number of ether oxygens (including phenoxy) is 1. The van der Waals surface area contributed by atoms with Crippen molar-refractivity contribution in [2.75, 3.05) is 44.2 Å². The van der Waals surface area contributed by atoms with Crippen LogP contribution in [0.15, 0.2) is 18.2 Å². The van der Waals surface area contributed by atoms with Gasteiger partial charge < -0.3 is 15.0 Å². The van der Waals surface area contributed by atoms with Crippen LogP contribution in [0.25, 0.3) is 0 Å². The van der Waals surface area contributed by atoms with E-state index >= 15 is 0 Å². The zero-order chi connectivity index (χ0) is 19.9. The maximum absolute atomic E-state index is 12.3. The summed E-state index contributed by atoms with van der Waals surface area (Å²) in [5.74, 6) is 0.0290. The molecule has 28 heavy (non-hydrogen) atoms. The highest BCUT2D eigenvalue weighted by Crippen LogP contribution is 2.33. The third-order valence-corrected chi connectivity index (χ3v) is 5.27. The van der Waals surface area contributed by atoms with E-state index in [1.54, 1.807) is 25.1 Å². The lowest BCUT2D eigenvalue weighted by molar-refractivity contribution is -0.125. The van der Waals surface area contributed by atoms with E-state index in [1.165, 1.54) is 30.8 Å². The van der Waals surface area contributed by atoms with Gasteiger partial charge in [0, 0.05) is 18.5 Å². The predicted octanol–water partition coefficient (Wildman–Crippen LogP) is 2.00. The minimum Gasteiger partial charge on any atom is -0.482 e. The number of fused-ring (bicyclic) bond motifs is 1. The number of anilines is 1. The Morgan fingerprint density at radius 2 is 1.96 bits per heavy atom. The zero-order valence-electron chi connectivity index (χ0n) is 16.5. The van der Waals surface area contributed by atoms with Crippen molar-refractivity contribution in [3.63, 3.8) is 0 Å². The Hall–Kier alpha value is -2.41. The molecule has 1 fully saturated rings. The van der Waals surface area contributed by atoms with Crippen molar-refractivity contribution in [3.8, 4) is 5.75 Å². The lowest BCUT2D eigenvalue weighted by atomic mass is 10.1. The number of carbonyl (C=O) groups is 3. The van der Waals surface area contributed by atoms with E-state index in [9.17, 15) is 14.4 Å². The van der Waals surface area contributed by atoms with E-state index in [0.29, 0.717) is 30.0 Å². The number of ketones is 1. The molecule has 2 amide bonds. The SMILES string of the molecule is CCC(=O)c1ccc2c(c1)N(CC(=O)NCCCCN1CCCC1)C(=O)CO2. The molecule has 7 heteroatoms. The largest absolute Gasteiger partial charge is 0.482 e. The van der Waals surface area contributed by atoms with Crippen molar-refractivity contribution in [1.82, 2.24) is 10.2 Å². The maximum Gasteiger partial charge on any atom is 0.265 e. The van der Waals surface area contributed by atoms with Gasteiger partial charge in [-0.15, -0.1) is 0 Å². The fourth-order valence-corrected chi connectivity index (χ4v) is 3.65. The van der Waals surface area contributed by atoms with Gasteiger partial charge in [0.2, 0.25) is 5.91 Å². The highest BCUT2D eigenvalue weighted by molar-refractivity contribution is 6.04. The lowest BCUT2D eigenvalue weighted by Crippen LogP contribution is -2.45. The minimum atomic E-state index is -0.280. The average Bonchev–Trinajstić information content (AvgIpc) is 3.22. The van der Waals surface area contributed by atoms with Crippen molar-refractivity contribution in [3.05, 3.63) is 23.8 Å². The Kier molecular flexibility index (Phi) is 7.03. The van der Waals surface area contributed by atoms with Gasteiger partial charge in [-0.2, -0.15) is 0 Å². The molecule has 7 nitrogen and oxygen atoms in total. The van der Waals surface area contributed by atoms with E-state index in [1.807, 2.05) is 0 Å². The first-order chi connectivity index (χ1) is 13.6. The third kappa shape index (κ3) is 5.10. The van der Waals surface area contributed by atoms with E-state index < -0.39 is 0 Å². The molecule has 0 spiro atoms. The average molecular weight is 387 g/mol. The number of hydrogen-bond acceptors (Lipinski definition) is 5. The van der Waals surface area contributed by atoms with E-state index in [-0.39, 0.29) is 30.7 Å². The van der Waals surface area contributed by atoms with E-state index in [2.05, 4.69) is 10.2 Å². The number of carbonyl (C=O) groups excluding carboxylic acids is 3. The van der Waals surface area contributed by atoms with Crippen molar-refractivity contribution >= 4 is 23.3 Å². The van der Waals surface area contributed by atoms with Crippen LogP contribution in [0.1, 0.15) is 49.4 Å². The summed E-state index contributed by atoms with van der Waals surface area (Å²) in [5.41, 5.74) is 1.01. The number of Topliss-reactive ketones (excluding diaryl/α,β-unsaturated/α-hetero) is 1. The van der Waals surface area contributed by atoms with Crippen LogP contribution in [-0.2, 0) is 9.59 Å². The fraction of sp³-hybridized carbons (Fsp3) is 0.571. The van der Waals surface area contributed by atoms with Crippen LogP contribution in [0.4, 0.5) is 5.69 Å². The number of likely N-dealkylation sites (tertiary alicyclic amines) is 1. The summed E-state index contributed by atoms with van der Waals surface area (Å²) in [6.45, 7) is 5.69. The molecular weight excluding hydrogens is 358 g/mol. The Labute approximate surface area is 166 Å². The molecule has 0 aromatic heterocycles. The second-order valence-electron chi connectivity index (χ2n) is 7.33. The first kappa shape index (κ1) is 20.3. The summed E-state index contributed by atoms with van der Waals surface area (Å²) in [6.07, 6.45) is 4.94. The molecule has 3 rings (SSSR count). The van der Waals surface area contributed by atoms with Crippen molar-refractivity contribution in [1.29, 1.82) is 0 Å². The molecule has 2 heterocycles. The number of hydrogen-bond donors (Lipinski definition) is 1. The van der Waals surface area contributed by atoms with Gasteiger partial charge in [-0.3, -0.25) is 19.3 Å². The summed E-state index contributed by atoms with van der Waals surface area (Å²) in [5, 5.41) is 2.90. The second-order valence-corrected chi connectivity index (χ2v) is 7.33. The monoisotopic (exact) mass is 387 g/mol. The van der Waals surface area contributed by atoms with Crippen LogP contribution in [0, 0.1) is 0 Å². The van der Waals surface area contributed by atoms with Gasteiger partial charge in [-0.25, -0.2) is 0 Å². The van der Waals surface area contributed by atoms with Gasteiger partial charge in [0.1, 0.15) is 12.3 Å². The standard InChI is InChI=1S/C21H29N3O4/c1-2-18(25)16-7-8-19-17(13-16)24(21(27)15-28-19)14-20(26)22-9-3-4-10-23-11-5-6-12-23/h7-8,13H,2-6,9-12,14-15H2,1H3,(H,22,26). The Balaban J connectivity index is 1.52. The van der Waals surface area contributed by atoms with E-state index in [4.69, 9.17) is 4.74 Å². The van der Waals surface area contributed by atoms with Crippen molar-refractivity contribution in [2.24, 2.45) is 0 Å². The van der Waals surface area contributed by atoms with Crippen LogP contribution in [0.2, 0.25) is 0 Å². The number of nitrogens with zero attached hydrogens (tertiary/aromatic N) is 2. The van der Waals surface area contributed by atoms with Gasteiger partial charge >= 0.3 is 0 Å². The Bertz CT molecular complexity index is 728. The van der Waals surface area contributed by atoms with Gasteiger partial charge in [0.05, 0.1) is 5.69 Å². The highest BCUT2D eigenvalue weighted by Gasteiger charge is 2.28. The molecule has 152 valence electrons. The van der Waals surface area contributed by atoms with Gasteiger partial charge in [-0.05, 0) is 63.5 Å². The lowest BCUT2D eigenvalue weighted by Gasteiger charge is -2.29. The van der Waals surface area contributed by atoms with Crippen LogP contribution in [0.5, 0.6) is 5.75 Å². The smallest absolute Gasteiger partial charge is 0.265 e. The number of unbranched alkanes of at least 4 members (excludes halogenated alkanes) is 1. The third-order valence-electron chi connectivity index (χ3n) is 5.27. The molecule has 0 radical (unpaired) electrons. The molecule has 0 bridgehead atoms. The van der Waals surface area contributed by atoms with Gasteiger partial charge in [-0.1, -0.05) is 6.92 Å². The summed E-state index contributed by atoms with van der Waals surface area (Å²) in [4.78, 5) is 40.5. The zero-order valence-corrected chi connectivity index (χ0v) is 16.5. The number of rotatable bonds is 9.